The molecule has 0 saturated heterocycles. The van der Waals surface area contributed by atoms with Gasteiger partial charge in [0.15, 0.2) is 12.3 Å². The summed E-state index contributed by atoms with van der Waals surface area (Å²) < 4.78 is 9.70. The molecule has 8 heteroatoms. The van der Waals surface area contributed by atoms with Crippen LogP contribution in [-0.4, -0.2) is 43.7 Å². The molecule has 1 N–H and O–H groups in total. The maximum absolute atomic E-state index is 11.8. The summed E-state index contributed by atoms with van der Waals surface area (Å²) in [5, 5.41) is 6.89. The number of aromatic nitrogens is 1. The van der Waals surface area contributed by atoms with Crippen molar-refractivity contribution < 1.29 is 19.1 Å². The average molecular weight is 326 g/mol. The standard InChI is InChI=1S/C13H14N2O4S2/c1-18-5-4-14-11(16)7-19-13(17)9-8-21-12(15-9)10-3-2-6-20-10/h2-3,6,8H,4-5,7H2,1H3,(H,14,16). The quantitative estimate of drug-likeness (QED) is 0.620. The van der Waals surface area contributed by atoms with Crippen molar-refractivity contribution >= 4 is 34.6 Å². The number of ether oxygens (including phenoxy) is 2. The van der Waals surface area contributed by atoms with Gasteiger partial charge in [0, 0.05) is 19.0 Å². The van der Waals surface area contributed by atoms with E-state index in [1.165, 1.54) is 11.3 Å². The number of hydrogen-bond donors (Lipinski definition) is 1. The van der Waals surface area contributed by atoms with Crippen LogP contribution in [0.15, 0.2) is 22.9 Å². The van der Waals surface area contributed by atoms with E-state index in [1.807, 2.05) is 17.5 Å². The molecule has 2 aromatic rings. The molecule has 21 heavy (non-hydrogen) atoms. The smallest absolute Gasteiger partial charge is 0.358 e. The van der Waals surface area contributed by atoms with Gasteiger partial charge in [-0.3, -0.25) is 4.79 Å². The fraction of sp³-hybridized carbons (Fsp3) is 0.308. The summed E-state index contributed by atoms with van der Waals surface area (Å²) in [6, 6.07) is 3.85. The lowest BCUT2D eigenvalue weighted by Crippen LogP contribution is -2.31. The van der Waals surface area contributed by atoms with Crippen molar-refractivity contribution in [2.24, 2.45) is 0 Å². The Morgan fingerprint density at radius 1 is 1.38 bits per heavy atom. The zero-order valence-electron chi connectivity index (χ0n) is 11.3. The summed E-state index contributed by atoms with van der Waals surface area (Å²) >= 11 is 2.92. The number of thiazole rings is 1. The maximum atomic E-state index is 11.8. The summed E-state index contributed by atoms with van der Waals surface area (Å²) in [6.07, 6.45) is 0. The minimum Gasteiger partial charge on any atom is -0.451 e. The number of nitrogens with one attached hydrogen (secondary N) is 1. The summed E-state index contributed by atoms with van der Waals surface area (Å²) in [5.74, 6) is -0.968. The lowest BCUT2D eigenvalue weighted by molar-refractivity contribution is -0.124. The van der Waals surface area contributed by atoms with Crippen LogP contribution in [0.4, 0.5) is 0 Å². The molecule has 112 valence electrons. The first-order valence-electron chi connectivity index (χ1n) is 6.13. The fourth-order valence-corrected chi connectivity index (χ4v) is 3.03. The number of esters is 1. The summed E-state index contributed by atoms with van der Waals surface area (Å²) in [4.78, 5) is 28.4. The molecule has 0 aromatic carbocycles. The van der Waals surface area contributed by atoms with Crippen LogP contribution in [0.1, 0.15) is 10.5 Å². The van der Waals surface area contributed by atoms with Gasteiger partial charge in [-0.1, -0.05) is 6.07 Å². The van der Waals surface area contributed by atoms with Gasteiger partial charge >= 0.3 is 5.97 Å². The lowest BCUT2D eigenvalue weighted by atomic mass is 10.4. The summed E-state index contributed by atoms with van der Waals surface area (Å²) in [5.41, 5.74) is 0.216. The van der Waals surface area contributed by atoms with Gasteiger partial charge < -0.3 is 14.8 Å². The van der Waals surface area contributed by atoms with Crippen LogP contribution < -0.4 is 5.32 Å². The molecule has 0 atom stereocenters. The van der Waals surface area contributed by atoms with Crippen LogP contribution in [0.3, 0.4) is 0 Å². The van der Waals surface area contributed by atoms with E-state index < -0.39 is 5.97 Å². The highest BCUT2D eigenvalue weighted by Crippen LogP contribution is 2.27. The second-order valence-electron chi connectivity index (χ2n) is 3.93. The second-order valence-corrected chi connectivity index (χ2v) is 5.74. The third kappa shape index (κ3) is 4.62. The zero-order chi connectivity index (χ0) is 15.1. The first-order valence-corrected chi connectivity index (χ1v) is 7.89. The average Bonchev–Trinajstić information content (AvgIpc) is 3.15. The highest BCUT2D eigenvalue weighted by molar-refractivity contribution is 7.20. The SMILES string of the molecule is COCCNC(=O)COC(=O)c1csc(-c2cccs2)n1. The minimum atomic E-state index is -0.601. The molecule has 0 unspecified atom stereocenters. The molecular formula is C13H14N2O4S2. The highest BCUT2D eigenvalue weighted by Gasteiger charge is 2.15. The molecule has 2 heterocycles. The summed E-state index contributed by atoms with van der Waals surface area (Å²) in [6.45, 7) is 0.469. The van der Waals surface area contributed by atoms with Crippen LogP contribution >= 0.6 is 22.7 Å². The Morgan fingerprint density at radius 2 is 2.24 bits per heavy atom. The molecule has 1 amide bonds. The van der Waals surface area contributed by atoms with Crippen LogP contribution in [0.5, 0.6) is 0 Å². The number of thiophene rings is 1. The van der Waals surface area contributed by atoms with Gasteiger partial charge in [0.1, 0.15) is 5.01 Å². The van der Waals surface area contributed by atoms with E-state index >= 15 is 0 Å². The van der Waals surface area contributed by atoms with Crippen molar-refractivity contribution in [3.05, 3.63) is 28.6 Å². The maximum Gasteiger partial charge on any atom is 0.358 e. The highest BCUT2D eigenvalue weighted by atomic mass is 32.1. The van der Waals surface area contributed by atoms with E-state index in [0.29, 0.717) is 13.2 Å². The van der Waals surface area contributed by atoms with Gasteiger partial charge in [0.05, 0.1) is 11.5 Å². The second kappa shape index (κ2) is 7.87. The number of amides is 1. The fourth-order valence-electron chi connectivity index (χ4n) is 1.43. The Bertz CT molecular complexity index is 595. The first kappa shape index (κ1) is 15.6. The molecule has 2 aromatic heterocycles. The third-order valence-electron chi connectivity index (χ3n) is 2.41. The minimum absolute atomic E-state index is 0.216. The molecule has 0 aliphatic carbocycles. The molecule has 0 fully saturated rings. The molecule has 0 spiro atoms. The van der Waals surface area contributed by atoms with E-state index in [0.717, 1.165) is 9.88 Å². The van der Waals surface area contributed by atoms with Gasteiger partial charge in [-0.2, -0.15) is 0 Å². The largest absolute Gasteiger partial charge is 0.451 e. The van der Waals surface area contributed by atoms with Crippen LogP contribution in [0, 0.1) is 0 Å². The molecule has 0 radical (unpaired) electrons. The molecule has 2 rings (SSSR count). The number of rotatable bonds is 7. The molecule has 0 aliphatic heterocycles. The van der Waals surface area contributed by atoms with Crippen LogP contribution in [-0.2, 0) is 14.3 Å². The molecule has 6 nitrogen and oxygen atoms in total. The van der Waals surface area contributed by atoms with Gasteiger partial charge in [0.2, 0.25) is 0 Å². The Balaban J connectivity index is 1.82. The first-order chi connectivity index (χ1) is 10.2. The molecule has 0 saturated carbocycles. The molecular weight excluding hydrogens is 312 g/mol. The normalized spacial score (nSPS) is 10.3. The van der Waals surface area contributed by atoms with Crippen molar-refractivity contribution in [2.45, 2.75) is 0 Å². The van der Waals surface area contributed by atoms with Gasteiger partial charge in [-0.15, -0.1) is 22.7 Å². The third-order valence-corrected chi connectivity index (χ3v) is 4.29. The van der Waals surface area contributed by atoms with Crippen LogP contribution in [0.25, 0.3) is 9.88 Å². The van der Waals surface area contributed by atoms with Crippen molar-refractivity contribution in [1.82, 2.24) is 10.3 Å². The Hall–Kier alpha value is -1.77. The number of carbonyl (C=O) groups excluding carboxylic acids is 2. The molecule has 0 aliphatic rings. The number of nitrogens with zero attached hydrogens (tertiary/aromatic N) is 1. The Labute approximate surface area is 129 Å². The number of carbonyl (C=O) groups is 2. The van der Waals surface area contributed by atoms with Crippen molar-refractivity contribution in [2.75, 3.05) is 26.9 Å². The van der Waals surface area contributed by atoms with E-state index in [4.69, 9.17) is 9.47 Å². The molecule has 0 bridgehead atoms. The monoisotopic (exact) mass is 326 g/mol. The number of hydrogen-bond acceptors (Lipinski definition) is 7. The van der Waals surface area contributed by atoms with E-state index in [2.05, 4.69) is 10.3 Å². The topological polar surface area (TPSA) is 77.5 Å². The van der Waals surface area contributed by atoms with Gasteiger partial charge in [0.25, 0.3) is 5.91 Å². The van der Waals surface area contributed by atoms with Crippen molar-refractivity contribution in [3.63, 3.8) is 0 Å². The lowest BCUT2D eigenvalue weighted by Gasteiger charge is -2.04. The Morgan fingerprint density at radius 3 is 2.95 bits per heavy atom. The van der Waals surface area contributed by atoms with E-state index in [-0.39, 0.29) is 18.2 Å². The van der Waals surface area contributed by atoms with Gasteiger partial charge in [-0.05, 0) is 11.4 Å². The van der Waals surface area contributed by atoms with Gasteiger partial charge in [-0.25, -0.2) is 9.78 Å². The Kier molecular flexibility index (Phi) is 5.85. The van der Waals surface area contributed by atoms with Crippen molar-refractivity contribution in [1.29, 1.82) is 0 Å². The zero-order valence-corrected chi connectivity index (χ0v) is 13.0. The predicted octanol–water partition coefficient (Wildman–Crippen LogP) is 1.79. The van der Waals surface area contributed by atoms with E-state index in [1.54, 1.807) is 23.8 Å². The predicted molar refractivity (Wildman–Crippen MR) is 80.6 cm³/mol. The van der Waals surface area contributed by atoms with E-state index in [9.17, 15) is 9.59 Å². The summed E-state index contributed by atoms with van der Waals surface area (Å²) in [7, 11) is 1.54. The number of methoxy groups -OCH3 is 1. The van der Waals surface area contributed by atoms with Crippen molar-refractivity contribution in [3.8, 4) is 9.88 Å². The van der Waals surface area contributed by atoms with Crippen LogP contribution in [0.2, 0.25) is 0 Å².